The number of nitrogens with zero attached hydrogens (tertiary/aromatic N) is 2. The summed E-state index contributed by atoms with van der Waals surface area (Å²) in [4.78, 5) is 4.63. The van der Waals surface area contributed by atoms with E-state index in [-0.39, 0.29) is 18.3 Å². The molecular weight excluding hydrogens is 382 g/mol. The average molecular weight is 396 g/mol. The molecule has 0 saturated carbocycles. The molecule has 0 atom stereocenters. The highest BCUT2D eigenvalue weighted by molar-refractivity contribution is 6.30. The van der Waals surface area contributed by atoms with E-state index in [1.54, 1.807) is 28.8 Å². The standard InChI is InChI=1S/C20H14ClN3O4/c21-11-1-6-18-23-19(14-4-3-13(25)8-15(14)26)20(24(18)9-11)22-12-2-5-16-17(7-12)28-10-27-16/h1-9,22,25-26H,10H2. The lowest BCUT2D eigenvalue weighted by Crippen LogP contribution is -1.97. The number of imidazole rings is 1. The van der Waals surface area contributed by atoms with Crippen LogP contribution < -0.4 is 14.8 Å². The van der Waals surface area contributed by atoms with Crippen molar-refractivity contribution in [2.45, 2.75) is 0 Å². The Morgan fingerprint density at radius 2 is 1.86 bits per heavy atom. The first-order valence-corrected chi connectivity index (χ1v) is 8.83. The van der Waals surface area contributed by atoms with Gasteiger partial charge in [-0.05, 0) is 36.4 Å². The van der Waals surface area contributed by atoms with Crippen molar-refractivity contribution in [3.8, 4) is 34.3 Å². The number of aromatic hydroxyl groups is 2. The minimum absolute atomic E-state index is 0.0293. The van der Waals surface area contributed by atoms with Crippen LogP contribution in [0.25, 0.3) is 16.9 Å². The zero-order valence-corrected chi connectivity index (χ0v) is 15.1. The summed E-state index contributed by atoms with van der Waals surface area (Å²) in [6, 6.07) is 13.4. The number of phenolic OH excluding ortho intramolecular Hbond substituents is 2. The van der Waals surface area contributed by atoms with Gasteiger partial charge >= 0.3 is 0 Å². The van der Waals surface area contributed by atoms with Crippen molar-refractivity contribution in [2.75, 3.05) is 12.1 Å². The molecular formula is C20H14ClN3O4. The summed E-state index contributed by atoms with van der Waals surface area (Å²) >= 11 is 6.18. The zero-order chi connectivity index (χ0) is 19.3. The first-order valence-electron chi connectivity index (χ1n) is 8.45. The lowest BCUT2D eigenvalue weighted by Gasteiger charge is -2.11. The molecule has 0 fully saturated rings. The summed E-state index contributed by atoms with van der Waals surface area (Å²) in [6.45, 7) is 0.191. The van der Waals surface area contributed by atoms with Crippen molar-refractivity contribution in [2.24, 2.45) is 0 Å². The fraction of sp³-hybridized carbons (Fsp3) is 0.0500. The minimum Gasteiger partial charge on any atom is -0.508 e. The molecule has 3 N–H and O–H groups in total. The number of fused-ring (bicyclic) bond motifs is 2. The van der Waals surface area contributed by atoms with Crippen molar-refractivity contribution in [1.29, 1.82) is 0 Å². The van der Waals surface area contributed by atoms with Crippen LogP contribution in [0.5, 0.6) is 23.0 Å². The molecule has 1 aliphatic rings. The number of halogens is 1. The molecule has 0 unspecified atom stereocenters. The fourth-order valence-electron chi connectivity index (χ4n) is 3.16. The van der Waals surface area contributed by atoms with Crippen LogP contribution in [0.3, 0.4) is 0 Å². The van der Waals surface area contributed by atoms with Gasteiger partial charge in [-0.3, -0.25) is 4.40 Å². The first-order chi connectivity index (χ1) is 13.6. The fourth-order valence-corrected chi connectivity index (χ4v) is 3.32. The molecule has 0 amide bonds. The zero-order valence-electron chi connectivity index (χ0n) is 14.4. The maximum absolute atomic E-state index is 10.3. The van der Waals surface area contributed by atoms with E-state index in [2.05, 4.69) is 10.3 Å². The van der Waals surface area contributed by atoms with Crippen molar-refractivity contribution < 1.29 is 19.7 Å². The van der Waals surface area contributed by atoms with E-state index in [9.17, 15) is 10.2 Å². The molecule has 0 radical (unpaired) electrons. The van der Waals surface area contributed by atoms with Gasteiger partial charge < -0.3 is 25.0 Å². The highest BCUT2D eigenvalue weighted by Crippen LogP contribution is 2.40. The predicted octanol–water partition coefficient (Wildman–Crippen LogP) is 4.54. The maximum atomic E-state index is 10.3. The van der Waals surface area contributed by atoms with Crippen LogP contribution in [-0.2, 0) is 0 Å². The van der Waals surface area contributed by atoms with E-state index >= 15 is 0 Å². The Balaban J connectivity index is 1.68. The van der Waals surface area contributed by atoms with Crippen LogP contribution in [0.15, 0.2) is 54.7 Å². The molecule has 7 nitrogen and oxygen atoms in total. The second-order valence-corrected chi connectivity index (χ2v) is 6.72. The van der Waals surface area contributed by atoms with E-state index in [4.69, 9.17) is 21.1 Å². The molecule has 4 aromatic rings. The van der Waals surface area contributed by atoms with E-state index in [0.29, 0.717) is 39.2 Å². The Hall–Kier alpha value is -3.58. The van der Waals surface area contributed by atoms with Gasteiger partial charge in [0, 0.05) is 29.6 Å². The molecule has 0 aliphatic carbocycles. The van der Waals surface area contributed by atoms with Crippen molar-refractivity contribution >= 4 is 28.8 Å². The largest absolute Gasteiger partial charge is 0.508 e. The number of nitrogens with one attached hydrogen (secondary N) is 1. The third kappa shape index (κ3) is 2.73. The average Bonchev–Trinajstić information content (AvgIpc) is 3.26. The van der Waals surface area contributed by atoms with E-state index < -0.39 is 0 Å². The van der Waals surface area contributed by atoms with Crippen LogP contribution >= 0.6 is 11.6 Å². The third-order valence-corrected chi connectivity index (χ3v) is 4.68. The van der Waals surface area contributed by atoms with Gasteiger partial charge in [-0.1, -0.05) is 11.6 Å². The number of ether oxygens (including phenoxy) is 2. The molecule has 1 aliphatic heterocycles. The monoisotopic (exact) mass is 395 g/mol. The number of anilines is 2. The molecule has 28 heavy (non-hydrogen) atoms. The number of pyridine rings is 1. The van der Waals surface area contributed by atoms with Gasteiger partial charge in [0.05, 0.1) is 5.02 Å². The predicted molar refractivity (Wildman–Crippen MR) is 105 cm³/mol. The van der Waals surface area contributed by atoms with Crippen LogP contribution in [0, 0.1) is 0 Å². The van der Waals surface area contributed by atoms with E-state index in [1.807, 2.05) is 18.2 Å². The highest BCUT2D eigenvalue weighted by atomic mass is 35.5. The Labute approximate surface area is 164 Å². The lowest BCUT2D eigenvalue weighted by molar-refractivity contribution is 0.174. The van der Waals surface area contributed by atoms with Crippen molar-refractivity contribution in [3.05, 3.63) is 59.8 Å². The summed E-state index contributed by atoms with van der Waals surface area (Å²) in [5, 5.41) is 23.8. The molecule has 0 saturated heterocycles. The Morgan fingerprint density at radius 1 is 1.00 bits per heavy atom. The van der Waals surface area contributed by atoms with Crippen LogP contribution in [0.2, 0.25) is 5.02 Å². The summed E-state index contributed by atoms with van der Waals surface area (Å²) in [7, 11) is 0. The van der Waals surface area contributed by atoms with Crippen molar-refractivity contribution in [3.63, 3.8) is 0 Å². The summed E-state index contributed by atoms with van der Waals surface area (Å²) in [5.74, 6) is 1.83. The van der Waals surface area contributed by atoms with Gasteiger partial charge in [-0.2, -0.15) is 0 Å². The van der Waals surface area contributed by atoms with Crippen molar-refractivity contribution in [1.82, 2.24) is 9.38 Å². The molecule has 5 rings (SSSR count). The number of phenols is 2. The highest BCUT2D eigenvalue weighted by Gasteiger charge is 2.19. The smallest absolute Gasteiger partial charge is 0.231 e. The first kappa shape index (κ1) is 16.6. The lowest BCUT2D eigenvalue weighted by atomic mass is 10.1. The quantitative estimate of drug-likeness (QED) is 0.472. The molecule has 140 valence electrons. The Bertz CT molecular complexity index is 1220. The number of aromatic nitrogens is 2. The Kier molecular flexibility index (Phi) is 3.70. The molecule has 0 bridgehead atoms. The van der Waals surface area contributed by atoms with E-state index in [0.717, 1.165) is 5.69 Å². The summed E-state index contributed by atoms with van der Waals surface area (Å²) in [5.41, 5.74) is 2.39. The molecule has 2 aromatic heterocycles. The number of rotatable bonds is 3. The van der Waals surface area contributed by atoms with Crippen LogP contribution in [-0.4, -0.2) is 26.4 Å². The Morgan fingerprint density at radius 3 is 2.71 bits per heavy atom. The topological polar surface area (TPSA) is 88.3 Å². The summed E-state index contributed by atoms with van der Waals surface area (Å²) < 4.78 is 12.6. The third-order valence-electron chi connectivity index (χ3n) is 4.45. The van der Waals surface area contributed by atoms with Gasteiger partial charge in [0.2, 0.25) is 6.79 Å². The number of hydrogen-bond donors (Lipinski definition) is 3. The summed E-state index contributed by atoms with van der Waals surface area (Å²) in [6.07, 6.45) is 1.74. The molecule has 3 heterocycles. The number of hydrogen-bond acceptors (Lipinski definition) is 6. The van der Waals surface area contributed by atoms with Gasteiger partial charge in [-0.25, -0.2) is 4.98 Å². The maximum Gasteiger partial charge on any atom is 0.231 e. The number of benzene rings is 2. The second-order valence-electron chi connectivity index (χ2n) is 6.28. The second kappa shape index (κ2) is 6.24. The van der Waals surface area contributed by atoms with Gasteiger partial charge in [0.15, 0.2) is 11.5 Å². The van der Waals surface area contributed by atoms with E-state index in [1.165, 1.54) is 12.1 Å². The minimum atomic E-state index is -0.0803. The van der Waals surface area contributed by atoms with Crippen LogP contribution in [0.1, 0.15) is 0 Å². The molecule has 8 heteroatoms. The normalized spacial score (nSPS) is 12.5. The molecule has 2 aromatic carbocycles. The SMILES string of the molecule is Oc1ccc(-c2nc3ccc(Cl)cn3c2Nc2ccc3c(c2)OCO3)c(O)c1. The van der Waals surface area contributed by atoms with Gasteiger partial charge in [-0.15, -0.1) is 0 Å². The van der Waals surface area contributed by atoms with Gasteiger partial charge in [0.25, 0.3) is 0 Å². The molecule has 0 spiro atoms. The van der Waals surface area contributed by atoms with Gasteiger partial charge in [0.1, 0.15) is 28.7 Å². The van der Waals surface area contributed by atoms with Crippen LogP contribution in [0.4, 0.5) is 11.5 Å².